The highest BCUT2D eigenvalue weighted by Gasteiger charge is 2.44. The van der Waals surface area contributed by atoms with E-state index >= 15 is 0 Å². The zero-order valence-electron chi connectivity index (χ0n) is 17.0. The van der Waals surface area contributed by atoms with E-state index in [0.717, 1.165) is 48.2 Å². The summed E-state index contributed by atoms with van der Waals surface area (Å²) in [5.74, 6) is 1.58. The smallest absolute Gasteiger partial charge is 0.294 e. The summed E-state index contributed by atoms with van der Waals surface area (Å²) in [6.45, 7) is 0. The number of amides is 1. The fourth-order valence-electron chi connectivity index (χ4n) is 5.65. The maximum Gasteiger partial charge on any atom is 0.294 e. The number of aromatic amines is 1. The second-order valence-electron chi connectivity index (χ2n) is 8.82. The van der Waals surface area contributed by atoms with Gasteiger partial charge in [0.05, 0.1) is 22.6 Å². The molecule has 9 nitrogen and oxygen atoms in total. The van der Waals surface area contributed by atoms with Gasteiger partial charge in [-0.1, -0.05) is 12.8 Å². The van der Waals surface area contributed by atoms with E-state index in [4.69, 9.17) is 0 Å². The van der Waals surface area contributed by atoms with Crippen LogP contribution in [0.3, 0.4) is 0 Å². The van der Waals surface area contributed by atoms with Crippen LogP contribution >= 0.6 is 0 Å². The summed E-state index contributed by atoms with van der Waals surface area (Å²) in [5, 5.41) is 17.8. The SMILES string of the molecule is N#Cc1cnc2c(c1)CC1c3cc4c(cc3C(=O)N21)[nH]c(=O)c1nnc(C2CCCC2)n14. The molecule has 5 heterocycles. The van der Waals surface area contributed by atoms with Crippen LogP contribution < -0.4 is 10.5 Å². The van der Waals surface area contributed by atoms with Gasteiger partial charge in [-0.3, -0.25) is 18.9 Å². The van der Waals surface area contributed by atoms with Gasteiger partial charge in [-0.2, -0.15) is 5.26 Å². The third-order valence-electron chi connectivity index (χ3n) is 7.10. The lowest BCUT2D eigenvalue weighted by Crippen LogP contribution is -2.24. The molecule has 1 N–H and O–H groups in total. The fraction of sp³-hybridized carbons (Fsp3) is 0.304. The number of rotatable bonds is 1. The minimum atomic E-state index is -0.309. The highest BCUT2D eigenvalue weighted by Crippen LogP contribution is 2.47. The summed E-state index contributed by atoms with van der Waals surface area (Å²) in [7, 11) is 0. The van der Waals surface area contributed by atoms with E-state index in [1.54, 1.807) is 11.0 Å². The van der Waals surface area contributed by atoms with Gasteiger partial charge in [-0.05, 0) is 42.2 Å². The van der Waals surface area contributed by atoms with Crippen LogP contribution in [-0.4, -0.2) is 30.5 Å². The predicted octanol–water partition coefficient (Wildman–Crippen LogP) is 2.75. The Morgan fingerprint density at radius 3 is 2.78 bits per heavy atom. The second kappa shape index (κ2) is 6.01. The molecule has 1 aliphatic carbocycles. The highest BCUT2D eigenvalue weighted by atomic mass is 16.2. The molecule has 3 aliphatic rings. The Morgan fingerprint density at radius 1 is 1.12 bits per heavy atom. The van der Waals surface area contributed by atoms with Gasteiger partial charge in [0.2, 0.25) is 5.65 Å². The molecular formula is C23H17N7O2. The predicted molar refractivity (Wildman–Crippen MR) is 115 cm³/mol. The number of anilines is 1. The number of hydrogen-bond donors (Lipinski definition) is 1. The number of carbonyl (C=O) groups is 1. The number of benzene rings is 1. The molecule has 32 heavy (non-hydrogen) atoms. The van der Waals surface area contributed by atoms with Crippen LogP contribution in [0, 0.1) is 11.3 Å². The van der Waals surface area contributed by atoms with Crippen LogP contribution in [0.1, 0.15) is 70.5 Å². The molecule has 1 amide bonds. The fourth-order valence-corrected chi connectivity index (χ4v) is 5.65. The van der Waals surface area contributed by atoms with E-state index in [0.29, 0.717) is 28.9 Å². The quantitative estimate of drug-likeness (QED) is 0.503. The molecule has 1 saturated carbocycles. The van der Waals surface area contributed by atoms with Crippen molar-refractivity contribution in [2.45, 2.75) is 44.1 Å². The minimum Gasteiger partial charge on any atom is -0.317 e. The highest BCUT2D eigenvalue weighted by molar-refractivity contribution is 6.13. The van der Waals surface area contributed by atoms with Crippen LogP contribution in [0.25, 0.3) is 16.7 Å². The molecule has 1 unspecified atom stereocenters. The first kappa shape index (κ1) is 17.6. The van der Waals surface area contributed by atoms with Crippen LogP contribution in [-0.2, 0) is 6.42 Å². The molecule has 1 atom stereocenters. The zero-order valence-corrected chi connectivity index (χ0v) is 17.0. The van der Waals surface area contributed by atoms with E-state index in [-0.39, 0.29) is 29.1 Å². The van der Waals surface area contributed by atoms with E-state index in [1.165, 1.54) is 6.20 Å². The van der Waals surface area contributed by atoms with Crippen LogP contribution in [0.4, 0.5) is 5.82 Å². The Hall–Kier alpha value is -4.06. The van der Waals surface area contributed by atoms with Crippen molar-refractivity contribution in [3.05, 3.63) is 62.8 Å². The van der Waals surface area contributed by atoms with Gasteiger partial charge in [0, 0.05) is 24.1 Å². The maximum absolute atomic E-state index is 13.3. The Kier molecular flexibility index (Phi) is 3.30. The van der Waals surface area contributed by atoms with Crippen molar-refractivity contribution in [3.8, 4) is 6.07 Å². The Balaban J connectivity index is 1.46. The third kappa shape index (κ3) is 2.13. The summed E-state index contributed by atoms with van der Waals surface area (Å²) < 4.78 is 1.88. The summed E-state index contributed by atoms with van der Waals surface area (Å²) in [4.78, 5) is 35.0. The maximum atomic E-state index is 13.3. The number of hydrogen-bond acceptors (Lipinski definition) is 6. The molecule has 2 aliphatic heterocycles. The Morgan fingerprint density at radius 2 is 1.97 bits per heavy atom. The van der Waals surface area contributed by atoms with Crippen LogP contribution in [0.2, 0.25) is 0 Å². The van der Waals surface area contributed by atoms with Gasteiger partial charge in [0.1, 0.15) is 17.7 Å². The van der Waals surface area contributed by atoms with Crippen molar-refractivity contribution in [1.82, 2.24) is 24.6 Å². The molecule has 0 saturated heterocycles. The molecule has 9 heteroatoms. The van der Waals surface area contributed by atoms with Crippen molar-refractivity contribution in [3.63, 3.8) is 0 Å². The Bertz CT molecular complexity index is 1590. The molecule has 1 aromatic carbocycles. The topological polar surface area (TPSA) is 120 Å². The first-order valence-corrected chi connectivity index (χ1v) is 10.8. The second-order valence-corrected chi connectivity index (χ2v) is 8.82. The largest absolute Gasteiger partial charge is 0.317 e. The molecule has 4 aromatic rings. The number of carbonyl (C=O) groups excluding carboxylic acids is 1. The average molecular weight is 423 g/mol. The van der Waals surface area contributed by atoms with Crippen molar-refractivity contribution in [2.75, 3.05) is 4.90 Å². The minimum absolute atomic E-state index is 0.136. The molecule has 3 aromatic heterocycles. The zero-order chi connectivity index (χ0) is 21.6. The van der Waals surface area contributed by atoms with E-state index in [1.807, 2.05) is 16.5 Å². The molecule has 0 bridgehead atoms. The molecule has 1 fully saturated rings. The average Bonchev–Trinajstić information content (AvgIpc) is 3.57. The number of H-pyrrole nitrogens is 1. The van der Waals surface area contributed by atoms with Crippen molar-refractivity contribution in [1.29, 1.82) is 5.26 Å². The summed E-state index contributed by atoms with van der Waals surface area (Å²) in [6, 6.07) is 7.52. The molecule has 0 radical (unpaired) electrons. The van der Waals surface area contributed by atoms with Crippen molar-refractivity contribution < 1.29 is 4.79 Å². The van der Waals surface area contributed by atoms with Gasteiger partial charge >= 0.3 is 0 Å². The first-order chi connectivity index (χ1) is 15.6. The summed E-state index contributed by atoms with van der Waals surface area (Å²) in [5.41, 5.74) is 4.25. The van der Waals surface area contributed by atoms with Crippen LogP contribution in [0.15, 0.2) is 29.2 Å². The van der Waals surface area contributed by atoms with Gasteiger partial charge in [-0.15, -0.1) is 10.2 Å². The number of aromatic nitrogens is 5. The van der Waals surface area contributed by atoms with E-state index < -0.39 is 0 Å². The number of nitrogens with one attached hydrogen (secondary N) is 1. The van der Waals surface area contributed by atoms with Gasteiger partial charge < -0.3 is 4.98 Å². The monoisotopic (exact) mass is 423 g/mol. The number of pyridine rings is 1. The Labute approximate surface area is 181 Å². The van der Waals surface area contributed by atoms with Crippen molar-refractivity contribution in [2.24, 2.45) is 0 Å². The standard InChI is InChI=1S/C23H17N7O2/c24-9-11-5-13-6-17-14-8-18-16(7-15(14)23(32)30(17)19(13)25-10-11)26-22(31)21-28-27-20(29(18)21)12-3-1-2-4-12/h5,7-8,10,12,17H,1-4,6H2,(H,26,31). The first-order valence-electron chi connectivity index (χ1n) is 10.8. The van der Waals surface area contributed by atoms with E-state index in [9.17, 15) is 14.9 Å². The summed E-state index contributed by atoms with van der Waals surface area (Å²) in [6.07, 6.45) is 6.48. The van der Waals surface area contributed by atoms with Gasteiger partial charge in [-0.25, -0.2) is 4.98 Å². The van der Waals surface area contributed by atoms with Crippen molar-refractivity contribution >= 4 is 28.4 Å². The molecule has 156 valence electrons. The normalized spacial score (nSPS) is 19.5. The van der Waals surface area contributed by atoms with Crippen LogP contribution in [0.5, 0.6) is 0 Å². The molecule has 7 rings (SSSR count). The number of fused-ring (bicyclic) bond motifs is 8. The lowest BCUT2D eigenvalue weighted by molar-refractivity contribution is 0.0993. The number of nitriles is 1. The number of nitrogens with zero attached hydrogens (tertiary/aromatic N) is 6. The summed E-state index contributed by atoms with van der Waals surface area (Å²) >= 11 is 0. The lowest BCUT2D eigenvalue weighted by Gasteiger charge is -2.15. The van der Waals surface area contributed by atoms with E-state index in [2.05, 4.69) is 26.2 Å². The third-order valence-corrected chi connectivity index (χ3v) is 7.10. The van der Waals surface area contributed by atoms with Gasteiger partial charge in [0.15, 0.2) is 0 Å². The molecule has 0 spiro atoms. The lowest BCUT2D eigenvalue weighted by atomic mass is 9.99. The molecular weight excluding hydrogens is 406 g/mol. The van der Waals surface area contributed by atoms with Gasteiger partial charge in [0.25, 0.3) is 11.5 Å².